The molecular formula is C21H30N4OS. The van der Waals surface area contributed by atoms with E-state index in [1.165, 1.54) is 23.7 Å². The summed E-state index contributed by atoms with van der Waals surface area (Å²) in [4.78, 5) is 14.5. The minimum atomic E-state index is 0.131. The number of nitrogens with zero attached hydrogens (tertiary/aromatic N) is 4. The van der Waals surface area contributed by atoms with Gasteiger partial charge in [0.05, 0.1) is 5.75 Å². The number of piperidine rings is 1. The molecule has 0 aliphatic carbocycles. The maximum absolute atomic E-state index is 12.5. The number of aromatic nitrogens is 3. The first kappa shape index (κ1) is 19.9. The van der Waals surface area contributed by atoms with Gasteiger partial charge in [0.15, 0.2) is 11.0 Å². The van der Waals surface area contributed by atoms with Crippen LogP contribution in [0.4, 0.5) is 0 Å². The Bertz CT molecular complexity index is 792. The lowest BCUT2D eigenvalue weighted by molar-refractivity contribution is -0.130. The Kier molecular flexibility index (Phi) is 5.94. The first-order chi connectivity index (χ1) is 12.8. The molecule has 0 spiro atoms. The largest absolute Gasteiger partial charge is 0.342 e. The van der Waals surface area contributed by atoms with E-state index in [1.807, 2.05) is 16.5 Å². The minimum absolute atomic E-state index is 0.131. The van der Waals surface area contributed by atoms with E-state index in [9.17, 15) is 4.79 Å². The molecule has 1 aromatic carbocycles. The van der Waals surface area contributed by atoms with Crippen LogP contribution in [0.15, 0.2) is 29.4 Å². The molecule has 3 rings (SSSR count). The van der Waals surface area contributed by atoms with Crippen LogP contribution in [0.1, 0.15) is 46.1 Å². The van der Waals surface area contributed by atoms with Crippen molar-refractivity contribution in [1.82, 2.24) is 19.7 Å². The zero-order valence-corrected chi connectivity index (χ0v) is 17.8. The van der Waals surface area contributed by atoms with Crippen LogP contribution in [0.5, 0.6) is 0 Å². The SMILES string of the molecule is C[C@H]1CCCN(C(=O)CSc2nnc(-c3ccc(C(C)(C)C)cc3)n2C)C1. The monoisotopic (exact) mass is 386 g/mol. The molecule has 0 bridgehead atoms. The number of benzene rings is 1. The maximum Gasteiger partial charge on any atom is 0.233 e. The average molecular weight is 387 g/mol. The first-order valence-electron chi connectivity index (χ1n) is 9.66. The van der Waals surface area contributed by atoms with Gasteiger partial charge in [-0.2, -0.15) is 0 Å². The molecule has 146 valence electrons. The van der Waals surface area contributed by atoms with Crippen LogP contribution in [0.25, 0.3) is 11.4 Å². The van der Waals surface area contributed by atoms with Crippen LogP contribution >= 0.6 is 11.8 Å². The van der Waals surface area contributed by atoms with Gasteiger partial charge in [-0.1, -0.05) is 63.7 Å². The summed E-state index contributed by atoms with van der Waals surface area (Å²) >= 11 is 1.47. The van der Waals surface area contributed by atoms with Crippen molar-refractivity contribution >= 4 is 17.7 Å². The number of carbonyl (C=O) groups is 1. The van der Waals surface area contributed by atoms with E-state index in [2.05, 4.69) is 62.2 Å². The van der Waals surface area contributed by atoms with Crippen molar-refractivity contribution in [2.45, 2.75) is 51.1 Å². The molecule has 0 unspecified atom stereocenters. The van der Waals surface area contributed by atoms with Gasteiger partial charge < -0.3 is 9.47 Å². The summed E-state index contributed by atoms with van der Waals surface area (Å²) in [7, 11) is 1.96. The van der Waals surface area contributed by atoms with Crippen LogP contribution in [-0.2, 0) is 17.3 Å². The van der Waals surface area contributed by atoms with Crippen LogP contribution in [0, 0.1) is 5.92 Å². The van der Waals surface area contributed by atoms with Crippen molar-refractivity contribution < 1.29 is 4.79 Å². The summed E-state index contributed by atoms with van der Waals surface area (Å²) in [5, 5.41) is 9.43. The fourth-order valence-corrected chi connectivity index (χ4v) is 4.26. The normalized spacial score (nSPS) is 18.0. The van der Waals surface area contributed by atoms with E-state index in [1.54, 1.807) is 0 Å². The van der Waals surface area contributed by atoms with Crippen molar-refractivity contribution in [2.24, 2.45) is 13.0 Å². The molecule has 5 nitrogen and oxygen atoms in total. The Labute approximate surface area is 166 Å². The number of thioether (sulfide) groups is 1. The van der Waals surface area contributed by atoms with Crippen molar-refractivity contribution in [3.05, 3.63) is 29.8 Å². The topological polar surface area (TPSA) is 51.0 Å². The first-order valence-corrected chi connectivity index (χ1v) is 10.6. The molecule has 1 aromatic heterocycles. The second-order valence-electron chi connectivity index (χ2n) is 8.57. The molecule has 1 atom stereocenters. The third-order valence-corrected chi connectivity index (χ3v) is 6.18. The lowest BCUT2D eigenvalue weighted by Gasteiger charge is -2.30. The predicted octanol–water partition coefficient (Wildman–Crippen LogP) is 4.13. The fourth-order valence-electron chi connectivity index (χ4n) is 3.44. The summed E-state index contributed by atoms with van der Waals surface area (Å²) in [6.07, 6.45) is 2.33. The van der Waals surface area contributed by atoms with Crippen molar-refractivity contribution in [1.29, 1.82) is 0 Å². The average Bonchev–Trinajstić information content (AvgIpc) is 2.99. The standard InChI is InChI=1S/C21H30N4OS/c1-15-7-6-12-25(13-15)18(26)14-27-20-23-22-19(24(20)5)16-8-10-17(11-9-16)21(2,3)4/h8-11,15H,6-7,12-14H2,1-5H3/t15-/m0/s1. The van der Waals surface area contributed by atoms with Gasteiger partial charge >= 0.3 is 0 Å². The quantitative estimate of drug-likeness (QED) is 0.742. The van der Waals surface area contributed by atoms with E-state index >= 15 is 0 Å². The fraction of sp³-hybridized carbons (Fsp3) is 0.571. The number of rotatable bonds is 4. The van der Waals surface area contributed by atoms with E-state index in [4.69, 9.17) is 0 Å². The number of likely N-dealkylation sites (tertiary alicyclic amines) is 1. The molecule has 1 aliphatic heterocycles. The molecule has 27 heavy (non-hydrogen) atoms. The highest BCUT2D eigenvalue weighted by Gasteiger charge is 2.22. The number of hydrogen-bond donors (Lipinski definition) is 0. The Balaban J connectivity index is 1.66. The maximum atomic E-state index is 12.5. The highest BCUT2D eigenvalue weighted by atomic mass is 32.2. The van der Waals surface area contributed by atoms with Crippen molar-refractivity contribution in [3.63, 3.8) is 0 Å². The Hall–Kier alpha value is -1.82. The summed E-state index contributed by atoms with van der Waals surface area (Å²) in [6.45, 7) is 10.6. The van der Waals surface area contributed by atoms with E-state index in [-0.39, 0.29) is 11.3 Å². The Morgan fingerprint density at radius 2 is 1.93 bits per heavy atom. The van der Waals surface area contributed by atoms with Gasteiger partial charge in [-0.15, -0.1) is 10.2 Å². The molecule has 2 heterocycles. The Morgan fingerprint density at radius 3 is 2.56 bits per heavy atom. The molecule has 2 aromatic rings. The highest BCUT2D eigenvalue weighted by molar-refractivity contribution is 7.99. The summed E-state index contributed by atoms with van der Waals surface area (Å²) in [5.41, 5.74) is 2.47. The molecule has 0 N–H and O–H groups in total. The summed E-state index contributed by atoms with van der Waals surface area (Å²) < 4.78 is 1.98. The zero-order valence-electron chi connectivity index (χ0n) is 17.0. The van der Waals surface area contributed by atoms with Gasteiger partial charge in [-0.3, -0.25) is 4.79 Å². The summed E-state index contributed by atoms with van der Waals surface area (Å²) in [5.74, 6) is 2.05. The van der Waals surface area contributed by atoms with Gasteiger partial charge in [0.25, 0.3) is 0 Å². The third kappa shape index (κ3) is 4.72. The summed E-state index contributed by atoms with van der Waals surface area (Å²) in [6, 6.07) is 8.49. The molecule has 6 heteroatoms. The van der Waals surface area contributed by atoms with E-state index in [0.29, 0.717) is 11.7 Å². The molecule has 0 radical (unpaired) electrons. The van der Waals surface area contributed by atoms with E-state index in [0.717, 1.165) is 36.1 Å². The van der Waals surface area contributed by atoms with Crippen LogP contribution < -0.4 is 0 Å². The Morgan fingerprint density at radius 1 is 1.22 bits per heavy atom. The molecule has 1 amide bonds. The number of carbonyl (C=O) groups excluding carboxylic acids is 1. The predicted molar refractivity (Wildman–Crippen MR) is 111 cm³/mol. The third-order valence-electron chi connectivity index (χ3n) is 5.18. The molecule has 1 aliphatic rings. The lowest BCUT2D eigenvalue weighted by atomic mass is 9.87. The van der Waals surface area contributed by atoms with Gasteiger partial charge in [0.1, 0.15) is 0 Å². The van der Waals surface area contributed by atoms with Gasteiger partial charge in [0.2, 0.25) is 5.91 Å². The van der Waals surface area contributed by atoms with E-state index < -0.39 is 0 Å². The van der Waals surface area contributed by atoms with Crippen molar-refractivity contribution in [2.75, 3.05) is 18.8 Å². The van der Waals surface area contributed by atoms with Gasteiger partial charge in [-0.25, -0.2) is 0 Å². The molecule has 0 saturated carbocycles. The number of hydrogen-bond acceptors (Lipinski definition) is 4. The van der Waals surface area contributed by atoms with Gasteiger partial charge in [-0.05, 0) is 29.7 Å². The molecule has 1 saturated heterocycles. The van der Waals surface area contributed by atoms with Crippen LogP contribution in [-0.4, -0.2) is 44.4 Å². The second-order valence-corrected chi connectivity index (χ2v) is 9.51. The minimum Gasteiger partial charge on any atom is -0.342 e. The van der Waals surface area contributed by atoms with Crippen LogP contribution in [0.2, 0.25) is 0 Å². The number of amides is 1. The second kappa shape index (κ2) is 8.05. The molecular weight excluding hydrogens is 356 g/mol. The van der Waals surface area contributed by atoms with Gasteiger partial charge in [0, 0.05) is 25.7 Å². The van der Waals surface area contributed by atoms with Crippen molar-refractivity contribution in [3.8, 4) is 11.4 Å². The zero-order chi connectivity index (χ0) is 19.6. The highest BCUT2D eigenvalue weighted by Crippen LogP contribution is 2.27. The lowest BCUT2D eigenvalue weighted by Crippen LogP contribution is -2.40. The molecule has 1 fully saturated rings. The van der Waals surface area contributed by atoms with Crippen LogP contribution in [0.3, 0.4) is 0 Å². The smallest absolute Gasteiger partial charge is 0.233 e.